The van der Waals surface area contributed by atoms with Crippen LogP contribution in [-0.4, -0.2) is 29.9 Å². The predicted octanol–water partition coefficient (Wildman–Crippen LogP) is 3.14. The van der Waals surface area contributed by atoms with Gasteiger partial charge in [-0.2, -0.15) is 0 Å². The van der Waals surface area contributed by atoms with Crippen LogP contribution in [-0.2, 0) is 11.3 Å². The Labute approximate surface area is 133 Å². The lowest BCUT2D eigenvalue weighted by Crippen LogP contribution is -2.40. The van der Waals surface area contributed by atoms with Gasteiger partial charge in [0.2, 0.25) is 0 Å². The standard InChI is InChI=1S/C17H28N2O3/c1-12(2)22-11-13-7-6-8-14(9-13)19-16(21)18-10-15(20)17(3,4)5/h6-9,12,15,20H,10-11H2,1-5H3,(H2,18,19,21). The van der Waals surface area contributed by atoms with Gasteiger partial charge in [0.25, 0.3) is 0 Å². The molecule has 2 amide bonds. The van der Waals surface area contributed by atoms with Gasteiger partial charge in [-0.25, -0.2) is 4.79 Å². The number of carbonyl (C=O) groups is 1. The van der Waals surface area contributed by atoms with Crippen LogP contribution in [0.2, 0.25) is 0 Å². The zero-order chi connectivity index (χ0) is 16.8. The summed E-state index contributed by atoms with van der Waals surface area (Å²) in [5, 5.41) is 15.3. The molecule has 0 saturated carbocycles. The van der Waals surface area contributed by atoms with Crippen molar-refractivity contribution in [1.82, 2.24) is 5.32 Å². The molecule has 0 fully saturated rings. The van der Waals surface area contributed by atoms with E-state index in [0.717, 1.165) is 5.56 Å². The first kappa shape index (κ1) is 18.5. The maximum absolute atomic E-state index is 11.9. The smallest absolute Gasteiger partial charge is 0.319 e. The van der Waals surface area contributed by atoms with Gasteiger partial charge in [-0.15, -0.1) is 0 Å². The molecule has 22 heavy (non-hydrogen) atoms. The number of hydrogen-bond donors (Lipinski definition) is 3. The summed E-state index contributed by atoms with van der Waals surface area (Å²) in [6.07, 6.45) is -0.428. The lowest BCUT2D eigenvalue weighted by molar-refractivity contribution is 0.0654. The van der Waals surface area contributed by atoms with Crippen LogP contribution in [0.4, 0.5) is 10.5 Å². The number of aliphatic hydroxyl groups is 1. The Kier molecular flexibility index (Phi) is 6.84. The molecule has 124 valence electrons. The molecule has 0 spiro atoms. The van der Waals surface area contributed by atoms with Gasteiger partial charge in [0.05, 0.1) is 18.8 Å². The first-order valence-corrected chi connectivity index (χ1v) is 7.62. The van der Waals surface area contributed by atoms with Crippen LogP contribution in [0.5, 0.6) is 0 Å². The Morgan fingerprint density at radius 1 is 1.32 bits per heavy atom. The number of anilines is 1. The van der Waals surface area contributed by atoms with Crippen LogP contribution < -0.4 is 10.6 Å². The molecule has 1 rings (SSSR count). The number of aliphatic hydroxyl groups excluding tert-OH is 1. The topological polar surface area (TPSA) is 70.6 Å². The average molecular weight is 308 g/mol. The molecule has 1 aromatic rings. The van der Waals surface area contributed by atoms with Crippen molar-refractivity contribution >= 4 is 11.7 Å². The lowest BCUT2D eigenvalue weighted by Gasteiger charge is -2.25. The summed E-state index contributed by atoms with van der Waals surface area (Å²) in [6.45, 7) is 10.5. The molecule has 0 bridgehead atoms. The van der Waals surface area contributed by atoms with Crippen LogP contribution in [0.3, 0.4) is 0 Å². The summed E-state index contributed by atoms with van der Waals surface area (Å²) < 4.78 is 5.54. The Hall–Kier alpha value is -1.59. The third-order valence-electron chi connectivity index (χ3n) is 3.22. The SMILES string of the molecule is CC(C)OCc1cccc(NC(=O)NCC(O)C(C)(C)C)c1. The molecule has 0 radical (unpaired) electrons. The number of rotatable bonds is 6. The minimum atomic E-state index is -0.593. The highest BCUT2D eigenvalue weighted by atomic mass is 16.5. The average Bonchev–Trinajstić information content (AvgIpc) is 2.42. The second kappa shape index (κ2) is 8.15. The van der Waals surface area contributed by atoms with E-state index in [1.165, 1.54) is 0 Å². The van der Waals surface area contributed by atoms with Crippen molar-refractivity contribution in [3.8, 4) is 0 Å². The van der Waals surface area contributed by atoms with E-state index in [9.17, 15) is 9.90 Å². The number of nitrogens with one attached hydrogen (secondary N) is 2. The zero-order valence-electron chi connectivity index (χ0n) is 14.1. The number of amides is 2. The predicted molar refractivity (Wildman–Crippen MR) is 88.9 cm³/mol. The van der Waals surface area contributed by atoms with Crippen LogP contribution in [0.15, 0.2) is 24.3 Å². The number of benzene rings is 1. The van der Waals surface area contributed by atoms with Gasteiger partial charge in [0, 0.05) is 12.2 Å². The summed E-state index contributed by atoms with van der Waals surface area (Å²) >= 11 is 0. The maximum atomic E-state index is 11.9. The highest BCUT2D eigenvalue weighted by molar-refractivity contribution is 5.89. The van der Waals surface area contributed by atoms with Crippen molar-refractivity contribution in [2.75, 3.05) is 11.9 Å². The van der Waals surface area contributed by atoms with Crippen LogP contribution in [0.25, 0.3) is 0 Å². The normalized spacial score (nSPS) is 13.0. The molecular weight excluding hydrogens is 280 g/mol. The second-order valence-corrected chi connectivity index (χ2v) is 6.78. The molecule has 3 N–H and O–H groups in total. The first-order valence-electron chi connectivity index (χ1n) is 7.62. The number of urea groups is 1. The van der Waals surface area contributed by atoms with Crippen LogP contribution >= 0.6 is 0 Å². The van der Waals surface area contributed by atoms with Crippen LogP contribution in [0.1, 0.15) is 40.2 Å². The van der Waals surface area contributed by atoms with Crippen molar-refractivity contribution in [3.05, 3.63) is 29.8 Å². The third-order valence-corrected chi connectivity index (χ3v) is 3.22. The maximum Gasteiger partial charge on any atom is 0.319 e. The van der Waals surface area contributed by atoms with E-state index in [-0.39, 0.29) is 24.1 Å². The van der Waals surface area contributed by atoms with E-state index in [1.807, 2.05) is 58.9 Å². The van der Waals surface area contributed by atoms with Crippen molar-refractivity contribution in [1.29, 1.82) is 0 Å². The molecule has 5 nitrogen and oxygen atoms in total. The van der Waals surface area contributed by atoms with E-state index in [4.69, 9.17) is 4.74 Å². The summed E-state index contributed by atoms with van der Waals surface area (Å²) in [7, 11) is 0. The minimum Gasteiger partial charge on any atom is -0.391 e. The molecule has 1 atom stereocenters. The van der Waals surface area contributed by atoms with Gasteiger partial charge in [-0.1, -0.05) is 32.9 Å². The van der Waals surface area contributed by atoms with Crippen molar-refractivity contribution in [3.63, 3.8) is 0 Å². The summed E-state index contributed by atoms with van der Waals surface area (Å²) in [5.74, 6) is 0. The molecule has 0 heterocycles. The van der Waals surface area contributed by atoms with Gasteiger partial charge in [-0.3, -0.25) is 0 Å². The fourth-order valence-corrected chi connectivity index (χ4v) is 1.67. The number of carbonyl (C=O) groups excluding carboxylic acids is 1. The van der Waals surface area contributed by atoms with E-state index < -0.39 is 6.10 Å². The third kappa shape index (κ3) is 6.91. The van der Waals surface area contributed by atoms with Crippen molar-refractivity contribution in [2.24, 2.45) is 5.41 Å². The van der Waals surface area contributed by atoms with Crippen molar-refractivity contribution in [2.45, 2.75) is 53.4 Å². The highest BCUT2D eigenvalue weighted by Crippen LogP contribution is 2.18. The van der Waals surface area contributed by atoms with E-state index in [1.54, 1.807) is 0 Å². The van der Waals surface area contributed by atoms with Gasteiger partial charge in [-0.05, 0) is 37.0 Å². The van der Waals surface area contributed by atoms with E-state index in [2.05, 4.69) is 10.6 Å². The minimum absolute atomic E-state index is 0.166. The molecular formula is C17H28N2O3. The summed E-state index contributed by atoms with van der Waals surface area (Å²) in [6, 6.07) is 7.19. The fraction of sp³-hybridized carbons (Fsp3) is 0.588. The first-order chi connectivity index (χ1) is 10.2. The largest absolute Gasteiger partial charge is 0.391 e. The molecule has 1 aromatic carbocycles. The number of hydrogen-bond acceptors (Lipinski definition) is 3. The Bertz CT molecular complexity index is 481. The molecule has 0 aliphatic carbocycles. The quantitative estimate of drug-likeness (QED) is 0.756. The monoisotopic (exact) mass is 308 g/mol. The molecule has 0 aliphatic heterocycles. The van der Waals surface area contributed by atoms with Crippen LogP contribution in [0, 0.1) is 5.41 Å². The van der Waals surface area contributed by atoms with Gasteiger partial charge >= 0.3 is 6.03 Å². The zero-order valence-corrected chi connectivity index (χ0v) is 14.1. The molecule has 1 unspecified atom stereocenters. The Balaban J connectivity index is 2.49. The lowest BCUT2D eigenvalue weighted by atomic mass is 9.89. The Morgan fingerprint density at radius 2 is 2.00 bits per heavy atom. The molecule has 0 aromatic heterocycles. The van der Waals surface area contributed by atoms with Crippen molar-refractivity contribution < 1.29 is 14.6 Å². The molecule has 5 heteroatoms. The van der Waals surface area contributed by atoms with Gasteiger partial charge in [0.1, 0.15) is 0 Å². The fourth-order valence-electron chi connectivity index (χ4n) is 1.67. The molecule has 0 aliphatic rings. The number of ether oxygens (including phenoxy) is 1. The van der Waals surface area contributed by atoms with Gasteiger partial charge in [0.15, 0.2) is 0 Å². The van der Waals surface area contributed by atoms with Gasteiger partial charge < -0.3 is 20.5 Å². The second-order valence-electron chi connectivity index (χ2n) is 6.78. The summed E-state index contributed by atoms with van der Waals surface area (Å²) in [4.78, 5) is 11.9. The van der Waals surface area contributed by atoms with E-state index in [0.29, 0.717) is 12.3 Å². The Morgan fingerprint density at radius 3 is 2.59 bits per heavy atom. The van der Waals surface area contributed by atoms with E-state index >= 15 is 0 Å². The summed E-state index contributed by atoms with van der Waals surface area (Å²) in [5.41, 5.74) is 1.44. The highest BCUT2D eigenvalue weighted by Gasteiger charge is 2.22. The molecule has 0 saturated heterocycles.